The number of rotatable bonds is 7. The zero-order valence-corrected chi connectivity index (χ0v) is 22.1. The van der Waals surface area contributed by atoms with Crippen LogP contribution in [0.5, 0.6) is 0 Å². The van der Waals surface area contributed by atoms with Gasteiger partial charge in [-0.1, -0.05) is 0 Å². The lowest BCUT2D eigenvalue weighted by Gasteiger charge is -2.36. The molecule has 0 atom stereocenters. The predicted molar refractivity (Wildman–Crippen MR) is 142 cm³/mol. The van der Waals surface area contributed by atoms with E-state index >= 15 is 0 Å². The lowest BCUT2D eigenvalue weighted by molar-refractivity contribution is -0.126. The van der Waals surface area contributed by atoms with Crippen LogP contribution in [0.1, 0.15) is 81.4 Å². The highest BCUT2D eigenvalue weighted by Gasteiger charge is 2.36. The number of hydrogen-bond donors (Lipinski definition) is 2. The predicted octanol–water partition coefficient (Wildman–Crippen LogP) is 4.61. The first-order chi connectivity index (χ1) is 17.5. The van der Waals surface area contributed by atoms with Gasteiger partial charge in [-0.15, -0.1) is 0 Å². The van der Waals surface area contributed by atoms with E-state index in [1.807, 2.05) is 26.1 Å². The van der Waals surface area contributed by atoms with Crippen molar-refractivity contribution < 1.29 is 19.1 Å². The number of amidine groups is 1. The minimum atomic E-state index is -0.788. The van der Waals surface area contributed by atoms with Crippen molar-refractivity contribution in [2.75, 3.05) is 4.90 Å². The van der Waals surface area contributed by atoms with Crippen molar-refractivity contribution in [3.05, 3.63) is 59.2 Å². The Kier molecular flexibility index (Phi) is 8.07. The van der Waals surface area contributed by atoms with Gasteiger partial charge in [0.05, 0.1) is 5.60 Å². The number of pyridine rings is 1. The quantitative estimate of drug-likeness (QED) is 0.570. The number of anilines is 1. The van der Waals surface area contributed by atoms with Crippen molar-refractivity contribution >= 4 is 23.3 Å². The van der Waals surface area contributed by atoms with Gasteiger partial charge in [0, 0.05) is 53.1 Å². The number of aliphatic hydroxyl groups is 1. The molecule has 7 nitrogen and oxygen atoms in total. The summed E-state index contributed by atoms with van der Waals surface area (Å²) in [7, 11) is 0. The van der Waals surface area contributed by atoms with Crippen molar-refractivity contribution in [3.63, 3.8) is 0 Å². The Balaban J connectivity index is 1.60. The van der Waals surface area contributed by atoms with E-state index in [4.69, 9.17) is 0 Å². The number of benzene rings is 1. The standard InChI is InChI=1S/C29H37FN4O3/c1-18(2)32-27(35)20-7-11-24(12-8-20)34-25-16-23(13-14-29(3,4)37)31-17-21(25)15-26(34)33-28(36)19-5-9-22(30)10-6-19/h5-6,9-10,16-18,20,24,37H,7-8,11-15H2,1-4H3,(H,32,35). The Morgan fingerprint density at radius 2 is 1.86 bits per heavy atom. The summed E-state index contributed by atoms with van der Waals surface area (Å²) in [6.07, 6.45) is 6.69. The second-order valence-electron chi connectivity index (χ2n) is 11.2. The fourth-order valence-electron chi connectivity index (χ4n) is 5.11. The number of aromatic nitrogens is 1. The third-order valence-corrected chi connectivity index (χ3v) is 7.08. The van der Waals surface area contributed by atoms with Crippen LogP contribution < -0.4 is 10.2 Å². The second kappa shape index (κ2) is 11.1. The molecule has 1 fully saturated rings. The Labute approximate surface area is 218 Å². The van der Waals surface area contributed by atoms with Gasteiger partial charge in [0.15, 0.2) is 0 Å². The number of halogens is 1. The largest absolute Gasteiger partial charge is 0.390 e. The Morgan fingerprint density at radius 1 is 1.19 bits per heavy atom. The fraction of sp³-hybridized carbons (Fsp3) is 0.517. The van der Waals surface area contributed by atoms with Crippen LogP contribution in [0.25, 0.3) is 0 Å². The molecule has 0 bridgehead atoms. The maximum atomic E-state index is 13.4. The molecular formula is C29H37FN4O3. The summed E-state index contributed by atoms with van der Waals surface area (Å²) in [5.41, 5.74) is 2.41. The lowest BCUT2D eigenvalue weighted by atomic mass is 9.84. The topological polar surface area (TPSA) is 94.9 Å². The molecule has 1 saturated carbocycles. The van der Waals surface area contributed by atoms with Gasteiger partial charge in [-0.05, 0) is 96.6 Å². The van der Waals surface area contributed by atoms with E-state index in [0.717, 1.165) is 42.6 Å². The molecule has 0 radical (unpaired) electrons. The number of carbonyl (C=O) groups is 2. The van der Waals surface area contributed by atoms with E-state index < -0.39 is 17.3 Å². The van der Waals surface area contributed by atoms with Crippen LogP contribution in [0.3, 0.4) is 0 Å². The molecule has 8 heteroatoms. The maximum absolute atomic E-state index is 13.4. The molecule has 2 N–H and O–H groups in total. The number of hydrogen-bond acceptors (Lipinski definition) is 4. The molecule has 37 heavy (non-hydrogen) atoms. The zero-order chi connectivity index (χ0) is 26.7. The molecular weight excluding hydrogens is 471 g/mol. The first kappa shape index (κ1) is 26.9. The summed E-state index contributed by atoms with van der Waals surface area (Å²) in [4.78, 5) is 36.8. The SMILES string of the molecule is CC(C)NC(=O)C1CCC(N2C(=NC(=O)c3ccc(F)cc3)Cc3cnc(CCC(C)(C)O)cc32)CC1. The highest BCUT2D eigenvalue weighted by atomic mass is 19.1. The van der Waals surface area contributed by atoms with E-state index in [-0.39, 0.29) is 23.9 Å². The summed E-state index contributed by atoms with van der Waals surface area (Å²) in [5, 5.41) is 13.2. The second-order valence-corrected chi connectivity index (χ2v) is 11.2. The lowest BCUT2D eigenvalue weighted by Crippen LogP contribution is -2.44. The van der Waals surface area contributed by atoms with E-state index in [2.05, 4.69) is 20.2 Å². The van der Waals surface area contributed by atoms with Crippen molar-refractivity contribution in [2.45, 2.75) is 90.3 Å². The molecule has 0 saturated heterocycles. The fourth-order valence-corrected chi connectivity index (χ4v) is 5.11. The minimum Gasteiger partial charge on any atom is -0.390 e. The van der Waals surface area contributed by atoms with Crippen LogP contribution in [0.4, 0.5) is 10.1 Å². The summed E-state index contributed by atoms with van der Waals surface area (Å²) < 4.78 is 13.4. The molecule has 2 heterocycles. The third-order valence-electron chi connectivity index (χ3n) is 7.08. The van der Waals surface area contributed by atoms with E-state index in [1.165, 1.54) is 24.3 Å². The molecule has 0 unspecified atom stereocenters. The van der Waals surface area contributed by atoms with Crippen LogP contribution >= 0.6 is 0 Å². The average Bonchev–Trinajstić information content (AvgIpc) is 3.19. The molecule has 1 aromatic heterocycles. The molecule has 2 aliphatic rings. The first-order valence-electron chi connectivity index (χ1n) is 13.2. The number of carbonyl (C=O) groups excluding carboxylic acids is 2. The molecule has 0 spiro atoms. The number of nitrogens with zero attached hydrogens (tertiary/aromatic N) is 3. The average molecular weight is 509 g/mol. The van der Waals surface area contributed by atoms with E-state index in [0.29, 0.717) is 30.7 Å². The number of amides is 2. The van der Waals surface area contributed by atoms with Crippen LogP contribution in [-0.2, 0) is 17.6 Å². The van der Waals surface area contributed by atoms with Gasteiger partial charge in [0.25, 0.3) is 5.91 Å². The van der Waals surface area contributed by atoms with Gasteiger partial charge in [-0.3, -0.25) is 14.6 Å². The van der Waals surface area contributed by atoms with Crippen LogP contribution in [-0.4, -0.2) is 45.4 Å². The van der Waals surface area contributed by atoms with Gasteiger partial charge in [-0.25, -0.2) is 4.39 Å². The molecule has 2 amide bonds. The van der Waals surface area contributed by atoms with E-state index in [1.54, 1.807) is 13.8 Å². The number of nitrogens with one attached hydrogen (secondary N) is 1. The van der Waals surface area contributed by atoms with Crippen molar-refractivity contribution in [1.82, 2.24) is 10.3 Å². The zero-order valence-electron chi connectivity index (χ0n) is 22.1. The highest BCUT2D eigenvalue weighted by Crippen LogP contribution is 2.38. The maximum Gasteiger partial charge on any atom is 0.278 e. The molecule has 1 aliphatic carbocycles. The Hall–Kier alpha value is -3.13. The summed E-state index contributed by atoms with van der Waals surface area (Å²) in [6.45, 7) is 7.50. The molecule has 198 valence electrons. The summed E-state index contributed by atoms with van der Waals surface area (Å²) in [5.74, 6) is -0.0635. The minimum absolute atomic E-state index is 0.0123. The van der Waals surface area contributed by atoms with Crippen molar-refractivity contribution in [2.24, 2.45) is 10.9 Å². The number of fused-ring (bicyclic) bond motifs is 1. The number of aliphatic imine (C=N–C) groups is 1. The van der Waals surface area contributed by atoms with Crippen molar-refractivity contribution in [1.29, 1.82) is 0 Å². The van der Waals surface area contributed by atoms with Crippen LogP contribution in [0.15, 0.2) is 41.5 Å². The molecule has 4 rings (SSSR count). The monoisotopic (exact) mass is 508 g/mol. The Bertz CT molecular complexity index is 1160. The van der Waals surface area contributed by atoms with E-state index in [9.17, 15) is 19.1 Å². The van der Waals surface area contributed by atoms with Crippen LogP contribution in [0.2, 0.25) is 0 Å². The van der Waals surface area contributed by atoms with Gasteiger partial charge < -0.3 is 15.3 Å². The van der Waals surface area contributed by atoms with Crippen LogP contribution in [0, 0.1) is 11.7 Å². The highest BCUT2D eigenvalue weighted by molar-refractivity contribution is 6.12. The first-order valence-corrected chi connectivity index (χ1v) is 13.2. The summed E-state index contributed by atoms with van der Waals surface area (Å²) in [6, 6.07) is 7.68. The molecule has 1 aliphatic heterocycles. The van der Waals surface area contributed by atoms with Gasteiger partial charge in [0.2, 0.25) is 5.91 Å². The third kappa shape index (κ3) is 6.80. The normalized spacial score (nSPS) is 20.8. The van der Waals surface area contributed by atoms with Gasteiger partial charge >= 0.3 is 0 Å². The van der Waals surface area contributed by atoms with Gasteiger partial charge in [-0.2, -0.15) is 4.99 Å². The smallest absolute Gasteiger partial charge is 0.278 e. The molecule has 2 aromatic rings. The van der Waals surface area contributed by atoms with Gasteiger partial charge in [0.1, 0.15) is 11.7 Å². The van der Waals surface area contributed by atoms with Crippen molar-refractivity contribution in [3.8, 4) is 0 Å². The number of aryl methyl sites for hydroxylation is 1. The molecule has 1 aromatic carbocycles. The Morgan fingerprint density at radius 3 is 2.49 bits per heavy atom. The summed E-state index contributed by atoms with van der Waals surface area (Å²) >= 11 is 0.